The summed E-state index contributed by atoms with van der Waals surface area (Å²) in [7, 11) is 4.11. The molecule has 0 atom stereocenters. The summed E-state index contributed by atoms with van der Waals surface area (Å²) in [4.78, 5) is 16.1. The van der Waals surface area contributed by atoms with E-state index in [2.05, 4.69) is 10.0 Å². The second-order valence-electron chi connectivity index (χ2n) is 6.14. The van der Waals surface area contributed by atoms with Gasteiger partial charge >= 0.3 is 0 Å². The number of benzene rings is 1. The molecule has 0 fully saturated rings. The first-order chi connectivity index (χ1) is 11.2. The van der Waals surface area contributed by atoms with Gasteiger partial charge in [0.05, 0.1) is 4.90 Å². The molecular weight excluding hydrogens is 328 g/mol. The van der Waals surface area contributed by atoms with Crippen LogP contribution in [0.4, 0.5) is 0 Å². The largest absolute Gasteiger partial charge is 0.351 e. The molecule has 1 amide bonds. The molecule has 1 rings (SSSR count). The van der Waals surface area contributed by atoms with Crippen LogP contribution in [0, 0.1) is 0 Å². The third-order valence-corrected chi connectivity index (χ3v) is 4.78. The minimum Gasteiger partial charge on any atom is -0.351 e. The average Bonchev–Trinajstić information content (AvgIpc) is 2.51. The molecule has 0 radical (unpaired) electrons. The number of nitrogens with zero attached hydrogens (tertiary/aromatic N) is 2. The summed E-state index contributed by atoms with van der Waals surface area (Å²) in [6.07, 6.45) is 0.719. The van der Waals surface area contributed by atoms with Gasteiger partial charge in [-0.2, -0.15) is 0 Å². The maximum atomic E-state index is 12.3. The Balaban J connectivity index is 2.67. The van der Waals surface area contributed by atoms with Crippen LogP contribution in [0.5, 0.6) is 0 Å². The van der Waals surface area contributed by atoms with Crippen LogP contribution in [-0.2, 0) is 10.0 Å². The van der Waals surface area contributed by atoms with Gasteiger partial charge in [0.15, 0.2) is 0 Å². The maximum absolute atomic E-state index is 12.3. The van der Waals surface area contributed by atoms with E-state index in [1.54, 1.807) is 12.1 Å². The van der Waals surface area contributed by atoms with Crippen molar-refractivity contribution in [3.8, 4) is 0 Å². The summed E-state index contributed by atoms with van der Waals surface area (Å²) in [5.74, 6) is -0.276. The van der Waals surface area contributed by atoms with Crippen molar-refractivity contribution in [1.29, 1.82) is 0 Å². The summed E-state index contributed by atoms with van der Waals surface area (Å²) >= 11 is 0. The molecule has 2 N–H and O–H groups in total. The van der Waals surface area contributed by atoms with Crippen LogP contribution in [0.15, 0.2) is 29.2 Å². The summed E-state index contributed by atoms with van der Waals surface area (Å²) in [6.45, 7) is 2.39. The lowest BCUT2D eigenvalue weighted by atomic mass is 10.2. The Hall–Kier alpha value is -1.48. The molecular formula is C16H28N4O3S. The fourth-order valence-corrected chi connectivity index (χ4v) is 3.10. The molecule has 1 aromatic rings. The first-order valence-electron chi connectivity index (χ1n) is 7.90. The summed E-state index contributed by atoms with van der Waals surface area (Å²) < 4.78 is 27.1. The fraction of sp³-hybridized carbons (Fsp3) is 0.562. The summed E-state index contributed by atoms with van der Waals surface area (Å²) in [5.41, 5.74) is 0.338. The van der Waals surface area contributed by atoms with Gasteiger partial charge in [-0.15, -0.1) is 0 Å². The molecule has 0 aliphatic carbocycles. The molecule has 0 bridgehead atoms. The molecule has 0 aromatic heterocycles. The SMILES string of the molecule is CN(C)CCCNS(=O)(=O)c1cccc(C(=O)NCCN(C)C)c1. The predicted octanol–water partition coefficient (Wildman–Crippen LogP) is 0.208. The third-order valence-electron chi connectivity index (χ3n) is 3.33. The lowest BCUT2D eigenvalue weighted by Crippen LogP contribution is -2.31. The molecule has 8 heteroatoms. The Kier molecular flexibility index (Phi) is 8.34. The number of hydrogen-bond donors (Lipinski definition) is 2. The molecule has 136 valence electrons. The third kappa shape index (κ3) is 7.39. The van der Waals surface area contributed by atoms with E-state index in [1.165, 1.54) is 12.1 Å². The predicted molar refractivity (Wildman–Crippen MR) is 95.7 cm³/mol. The normalized spacial score (nSPS) is 11.9. The number of hydrogen-bond acceptors (Lipinski definition) is 5. The van der Waals surface area contributed by atoms with Crippen molar-refractivity contribution in [3.05, 3.63) is 29.8 Å². The minimum atomic E-state index is -3.60. The van der Waals surface area contributed by atoms with Crippen LogP contribution >= 0.6 is 0 Å². The van der Waals surface area contributed by atoms with Crippen molar-refractivity contribution in [3.63, 3.8) is 0 Å². The lowest BCUT2D eigenvalue weighted by Gasteiger charge is -2.12. The van der Waals surface area contributed by atoms with Crippen LogP contribution in [0.2, 0.25) is 0 Å². The number of rotatable bonds is 10. The Morgan fingerprint density at radius 2 is 1.71 bits per heavy atom. The van der Waals surface area contributed by atoms with Gasteiger partial charge in [-0.25, -0.2) is 13.1 Å². The molecule has 0 saturated carbocycles. The zero-order chi connectivity index (χ0) is 18.2. The number of nitrogens with one attached hydrogen (secondary N) is 2. The van der Waals surface area contributed by atoms with E-state index in [1.807, 2.05) is 38.0 Å². The van der Waals surface area contributed by atoms with Crippen LogP contribution in [0.25, 0.3) is 0 Å². The second-order valence-corrected chi connectivity index (χ2v) is 7.91. The van der Waals surface area contributed by atoms with Crippen molar-refractivity contribution in [2.75, 3.05) is 54.4 Å². The molecule has 1 aromatic carbocycles. The van der Waals surface area contributed by atoms with Crippen LogP contribution in [-0.4, -0.2) is 78.5 Å². The van der Waals surface area contributed by atoms with E-state index in [9.17, 15) is 13.2 Å². The maximum Gasteiger partial charge on any atom is 0.251 e. The van der Waals surface area contributed by atoms with Gasteiger partial charge in [0, 0.05) is 25.2 Å². The Labute approximate surface area is 145 Å². The quantitative estimate of drug-likeness (QED) is 0.586. The highest BCUT2D eigenvalue weighted by Crippen LogP contribution is 2.11. The van der Waals surface area contributed by atoms with E-state index in [-0.39, 0.29) is 10.8 Å². The number of carbonyl (C=O) groups excluding carboxylic acids is 1. The van der Waals surface area contributed by atoms with Gasteiger partial charge in [-0.05, 0) is 59.4 Å². The topological polar surface area (TPSA) is 81.8 Å². The van der Waals surface area contributed by atoms with Crippen molar-refractivity contribution < 1.29 is 13.2 Å². The van der Waals surface area contributed by atoms with Crippen LogP contribution < -0.4 is 10.0 Å². The molecule has 0 heterocycles. The minimum absolute atomic E-state index is 0.104. The van der Waals surface area contributed by atoms with E-state index >= 15 is 0 Å². The first kappa shape index (κ1) is 20.6. The van der Waals surface area contributed by atoms with Gasteiger partial charge in [0.2, 0.25) is 10.0 Å². The summed E-state index contributed by atoms with van der Waals surface area (Å²) in [6, 6.07) is 6.08. The van der Waals surface area contributed by atoms with E-state index < -0.39 is 10.0 Å². The van der Waals surface area contributed by atoms with Crippen LogP contribution in [0.3, 0.4) is 0 Å². The first-order valence-corrected chi connectivity index (χ1v) is 9.38. The molecule has 24 heavy (non-hydrogen) atoms. The second kappa shape index (κ2) is 9.73. The fourth-order valence-electron chi connectivity index (χ4n) is 1.98. The van der Waals surface area contributed by atoms with E-state index in [4.69, 9.17) is 0 Å². The number of carbonyl (C=O) groups is 1. The highest BCUT2D eigenvalue weighted by atomic mass is 32.2. The Morgan fingerprint density at radius 1 is 1.04 bits per heavy atom. The lowest BCUT2D eigenvalue weighted by molar-refractivity contribution is 0.0951. The van der Waals surface area contributed by atoms with Gasteiger partial charge in [0.1, 0.15) is 0 Å². The van der Waals surface area contributed by atoms with Crippen molar-refractivity contribution >= 4 is 15.9 Å². The monoisotopic (exact) mass is 356 g/mol. The molecule has 7 nitrogen and oxygen atoms in total. The highest BCUT2D eigenvalue weighted by Gasteiger charge is 2.15. The van der Waals surface area contributed by atoms with Gasteiger partial charge in [0.25, 0.3) is 5.91 Å². The van der Waals surface area contributed by atoms with E-state index in [0.29, 0.717) is 18.7 Å². The van der Waals surface area contributed by atoms with Crippen LogP contribution in [0.1, 0.15) is 16.8 Å². The Morgan fingerprint density at radius 3 is 2.33 bits per heavy atom. The molecule has 0 saturated heterocycles. The van der Waals surface area contributed by atoms with Crippen molar-refractivity contribution in [2.24, 2.45) is 0 Å². The van der Waals surface area contributed by atoms with Crippen molar-refractivity contribution in [1.82, 2.24) is 19.8 Å². The molecule has 0 aliphatic rings. The zero-order valence-electron chi connectivity index (χ0n) is 14.9. The molecule has 0 aliphatic heterocycles. The standard InChI is InChI=1S/C16H28N4O3S/c1-19(2)11-6-9-18-24(22,23)15-8-5-7-14(13-15)16(21)17-10-12-20(3)4/h5,7-8,13,18H,6,9-12H2,1-4H3,(H,17,21). The summed E-state index contributed by atoms with van der Waals surface area (Å²) in [5, 5.41) is 2.77. The van der Waals surface area contributed by atoms with E-state index in [0.717, 1.165) is 19.5 Å². The smallest absolute Gasteiger partial charge is 0.251 e. The van der Waals surface area contributed by atoms with Gasteiger partial charge in [-0.1, -0.05) is 6.07 Å². The van der Waals surface area contributed by atoms with Crippen molar-refractivity contribution in [2.45, 2.75) is 11.3 Å². The molecule has 0 unspecified atom stereocenters. The number of amides is 1. The average molecular weight is 356 g/mol. The Bertz CT molecular complexity index is 630. The zero-order valence-corrected chi connectivity index (χ0v) is 15.7. The van der Waals surface area contributed by atoms with Gasteiger partial charge in [-0.3, -0.25) is 4.79 Å². The highest BCUT2D eigenvalue weighted by molar-refractivity contribution is 7.89. The number of sulfonamides is 1. The number of likely N-dealkylation sites (N-methyl/N-ethyl adjacent to an activating group) is 1. The van der Waals surface area contributed by atoms with Gasteiger partial charge < -0.3 is 15.1 Å². The molecule has 0 spiro atoms.